The summed E-state index contributed by atoms with van der Waals surface area (Å²) in [4.78, 5) is 40.3. The molecule has 2 saturated heterocycles. The Hall–Kier alpha value is -2.32. The summed E-state index contributed by atoms with van der Waals surface area (Å²) in [5, 5.41) is 8.52. The molecule has 2 aliphatic heterocycles. The molecule has 0 saturated carbocycles. The highest BCUT2D eigenvalue weighted by Crippen LogP contribution is 2.22. The van der Waals surface area contributed by atoms with Gasteiger partial charge in [0.15, 0.2) is 0 Å². The number of rotatable bonds is 6. The van der Waals surface area contributed by atoms with Crippen molar-refractivity contribution < 1.29 is 14.4 Å². The zero-order valence-corrected chi connectivity index (χ0v) is 16.0. The van der Waals surface area contributed by atoms with E-state index < -0.39 is 11.6 Å². The molecule has 1 atom stereocenters. The van der Waals surface area contributed by atoms with Gasteiger partial charge in [-0.15, -0.1) is 0 Å². The van der Waals surface area contributed by atoms with Gasteiger partial charge in [0.2, 0.25) is 5.91 Å². The number of hydrogen-bond donors (Lipinski definition) is 3. The minimum atomic E-state index is -1.07. The van der Waals surface area contributed by atoms with Gasteiger partial charge in [-0.25, -0.2) is 4.79 Å². The molecule has 4 amide bonds. The van der Waals surface area contributed by atoms with Crippen molar-refractivity contribution in [3.8, 4) is 0 Å². The van der Waals surface area contributed by atoms with Gasteiger partial charge in [0.1, 0.15) is 5.54 Å². The van der Waals surface area contributed by atoms with Crippen LogP contribution in [0.3, 0.4) is 0 Å². The van der Waals surface area contributed by atoms with Crippen molar-refractivity contribution >= 4 is 35.1 Å². The Morgan fingerprint density at radius 3 is 2.59 bits per heavy atom. The van der Waals surface area contributed by atoms with Gasteiger partial charge >= 0.3 is 6.03 Å². The van der Waals surface area contributed by atoms with Gasteiger partial charge in [0.25, 0.3) is 5.91 Å². The Balaban J connectivity index is 1.53. The van der Waals surface area contributed by atoms with E-state index in [0.29, 0.717) is 18.1 Å². The molecule has 8 nitrogen and oxygen atoms in total. The highest BCUT2D eigenvalue weighted by molar-refractivity contribution is 6.30. The number of benzene rings is 1. The lowest BCUT2D eigenvalue weighted by Gasteiger charge is -2.36. The van der Waals surface area contributed by atoms with Crippen molar-refractivity contribution in [3.63, 3.8) is 0 Å². The zero-order chi connectivity index (χ0) is 19.4. The van der Waals surface area contributed by atoms with Crippen LogP contribution in [0.1, 0.15) is 12.8 Å². The van der Waals surface area contributed by atoms with Gasteiger partial charge < -0.3 is 20.4 Å². The lowest BCUT2D eigenvalue weighted by atomic mass is 9.93. The first-order valence-electron chi connectivity index (χ1n) is 9.00. The second-order valence-corrected chi connectivity index (χ2v) is 7.30. The summed E-state index contributed by atoms with van der Waals surface area (Å²) in [6.07, 6.45) is 0.464. The highest BCUT2D eigenvalue weighted by Gasteiger charge is 2.45. The molecule has 1 aromatic carbocycles. The number of piperazine rings is 1. The Labute approximate surface area is 163 Å². The lowest BCUT2D eigenvalue weighted by molar-refractivity contribution is -0.132. The molecule has 146 valence electrons. The largest absolute Gasteiger partial charge is 0.368 e. The van der Waals surface area contributed by atoms with Crippen molar-refractivity contribution in [2.45, 2.75) is 18.4 Å². The normalized spacial score (nSPS) is 22.6. The van der Waals surface area contributed by atoms with Gasteiger partial charge in [-0.3, -0.25) is 14.9 Å². The van der Waals surface area contributed by atoms with E-state index in [4.69, 9.17) is 11.6 Å². The van der Waals surface area contributed by atoms with E-state index in [0.717, 1.165) is 18.8 Å². The van der Waals surface area contributed by atoms with Gasteiger partial charge in [-0.1, -0.05) is 17.7 Å². The number of anilines is 1. The number of nitrogens with zero attached hydrogens (tertiary/aromatic N) is 2. The van der Waals surface area contributed by atoms with Crippen molar-refractivity contribution in [1.29, 1.82) is 0 Å². The molecular weight excluding hydrogens is 370 g/mol. The summed E-state index contributed by atoms with van der Waals surface area (Å²) in [6.45, 7) is 2.96. The third-order valence-electron chi connectivity index (χ3n) is 5.06. The molecule has 3 N–H and O–H groups in total. The number of urea groups is 1. The summed E-state index contributed by atoms with van der Waals surface area (Å²) in [5.41, 5.74) is -0.0164. The Morgan fingerprint density at radius 2 is 2.00 bits per heavy atom. The number of nitrogens with one attached hydrogen (secondary N) is 3. The Morgan fingerprint density at radius 1 is 1.26 bits per heavy atom. The standard InChI is InChI=1S/C18H24ClN5O3/c1-20-12-18(16(26)21-17(27)22-18)6-5-15(25)24-9-7-23(8-10-24)14-4-2-3-13(19)11-14/h2-4,11,20H,5-10,12H2,1H3,(H2,21,22,26,27). The van der Waals surface area contributed by atoms with E-state index in [2.05, 4.69) is 20.9 Å². The molecule has 1 unspecified atom stereocenters. The van der Waals surface area contributed by atoms with Crippen molar-refractivity contribution in [1.82, 2.24) is 20.9 Å². The molecule has 1 aromatic rings. The third-order valence-corrected chi connectivity index (χ3v) is 5.30. The van der Waals surface area contributed by atoms with Crippen LogP contribution >= 0.6 is 11.6 Å². The smallest absolute Gasteiger partial charge is 0.322 e. The number of hydrogen-bond acceptors (Lipinski definition) is 5. The fraction of sp³-hybridized carbons (Fsp3) is 0.500. The second kappa shape index (κ2) is 8.14. The molecule has 0 aromatic heterocycles. The predicted molar refractivity (Wildman–Crippen MR) is 103 cm³/mol. The second-order valence-electron chi connectivity index (χ2n) is 6.87. The maximum absolute atomic E-state index is 12.6. The zero-order valence-electron chi connectivity index (χ0n) is 15.3. The molecule has 2 fully saturated rings. The number of halogens is 1. The molecule has 9 heteroatoms. The van der Waals surface area contributed by atoms with Crippen molar-refractivity contribution in [3.05, 3.63) is 29.3 Å². The number of likely N-dealkylation sites (N-methyl/N-ethyl adjacent to an activating group) is 1. The fourth-order valence-corrected chi connectivity index (χ4v) is 3.77. The lowest BCUT2D eigenvalue weighted by Crippen LogP contribution is -2.55. The Bertz CT molecular complexity index is 735. The number of amides is 4. The number of carbonyl (C=O) groups is 3. The van der Waals surface area contributed by atoms with E-state index in [1.807, 2.05) is 29.2 Å². The first-order chi connectivity index (χ1) is 12.9. The van der Waals surface area contributed by atoms with Gasteiger partial charge in [-0.05, 0) is 31.7 Å². The predicted octanol–water partition coefficient (Wildman–Crippen LogP) is 0.566. The molecule has 0 aliphatic carbocycles. The summed E-state index contributed by atoms with van der Waals surface area (Å²) in [7, 11) is 1.70. The summed E-state index contributed by atoms with van der Waals surface area (Å²) < 4.78 is 0. The average Bonchev–Trinajstić information content (AvgIpc) is 2.93. The van der Waals surface area contributed by atoms with Crippen LogP contribution in [0.5, 0.6) is 0 Å². The summed E-state index contributed by atoms with van der Waals surface area (Å²) in [6, 6.07) is 7.16. The fourth-order valence-electron chi connectivity index (χ4n) is 3.58. The minimum absolute atomic E-state index is 0.00910. The molecule has 0 bridgehead atoms. The molecular formula is C18H24ClN5O3. The van der Waals surface area contributed by atoms with Crippen LogP contribution in [-0.4, -0.2) is 68.1 Å². The Kier molecular flexibility index (Phi) is 5.86. The van der Waals surface area contributed by atoms with E-state index in [9.17, 15) is 14.4 Å². The van der Waals surface area contributed by atoms with E-state index in [1.165, 1.54) is 0 Å². The van der Waals surface area contributed by atoms with E-state index >= 15 is 0 Å². The van der Waals surface area contributed by atoms with Crippen LogP contribution < -0.4 is 20.9 Å². The average molecular weight is 394 g/mol. The molecule has 0 spiro atoms. The molecule has 3 rings (SSSR count). The SMILES string of the molecule is CNCC1(CCC(=O)N2CCN(c3cccc(Cl)c3)CC2)NC(=O)NC1=O. The van der Waals surface area contributed by atoms with E-state index in [-0.39, 0.29) is 31.2 Å². The van der Waals surface area contributed by atoms with Crippen LogP contribution in [0.4, 0.5) is 10.5 Å². The van der Waals surface area contributed by atoms with Crippen LogP contribution in [-0.2, 0) is 9.59 Å². The van der Waals surface area contributed by atoms with Crippen LogP contribution in [0.25, 0.3) is 0 Å². The quantitative estimate of drug-likeness (QED) is 0.614. The van der Waals surface area contributed by atoms with E-state index in [1.54, 1.807) is 7.05 Å². The monoisotopic (exact) mass is 393 g/mol. The first kappa shape index (κ1) is 19.4. The summed E-state index contributed by atoms with van der Waals surface area (Å²) in [5.74, 6) is -0.398. The van der Waals surface area contributed by atoms with Crippen molar-refractivity contribution in [2.24, 2.45) is 0 Å². The maximum Gasteiger partial charge on any atom is 0.322 e. The minimum Gasteiger partial charge on any atom is -0.368 e. The topological polar surface area (TPSA) is 93.8 Å². The summed E-state index contributed by atoms with van der Waals surface area (Å²) >= 11 is 6.05. The van der Waals surface area contributed by atoms with Gasteiger partial charge in [0.05, 0.1) is 0 Å². The number of carbonyl (C=O) groups excluding carboxylic acids is 3. The number of imide groups is 1. The molecule has 0 radical (unpaired) electrons. The van der Waals surface area contributed by atoms with Crippen LogP contribution in [0.15, 0.2) is 24.3 Å². The highest BCUT2D eigenvalue weighted by atomic mass is 35.5. The molecule has 2 aliphatic rings. The molecule has 2 heterocycles. The van der Waals surface area contributed by atoms with Crippen LogP contribution in [0, 0.1) is 0 Å². The molecule has 27 heavy (non-hydrogen) atoms. The first-order valence-corrected chi connectivity index (χ1v) is 9.38. The third kappa shape index (κ3) is 4.33. The van der Waals surface area contributed by atoms with Gasteiger partial charge in [-0.2, -0.15) is 0 Å². The van der Waals surface area contributed by atoms with Crippen molar-refractivity contribution in [2.75, 3.05) is 44.7 Å². The van der Waals surface area contributed by atoms with Gasteiger partial charge in [0, 0.05) is 49.9 Å². The van der Waals surface area contributed by atoms with Crippen LogP contribution in [0.2, 0.25) is 5.02 Å². The maximum atomic E-state index is 12.6.